The second-order valence-corrected chi connectivity index (χ2v) is 7.60. The van der Waals surface area contributed by atoms with E-state index in [9.17, 15) is 14.7 Å². The van der Waals surface area contributed by atoms with Gasteiger partial charge in [0.1, 0.15) is 0 Å². The van der Waals surface area contributed by atoms with Gasteiger partial charge >= 0.3 is 5.97 Å². The molecule has 2 fully saturated rings. The van der Waals surface area contributed by atoms with E-state index in [1.165, 1.54) is 11.3 Å². The van der Waals surface area contributed by atoms with Crippen LogP contribution in [0.15, 0.2) is 15.9 Å². The Morgan fingerprint density at radius 3 is 2.63 bits per heavy atom. The zero-order valence-electron chi connectivity index (χ0n) is 10.2. The number of piperidine rings is 1. The van der Waals surface area contributed by atoms with Crippen molar-refractivity contribution in [3.05, 3.63) is 20.8 Å². The smallest absolute Gasteiger partial charge is 0.308 e. The Hall–Kier alpha value is -0.880. The first-order chi connectivity index (χ1) is 9.08. The Bertz CT molecular complexity index is 526. The SMILES string of the molecule is O=C(O)C1CCC(=O)N(C2CC2)C1c1ccc(Br)s1. The summed E-state index contributed by atoms with van der Waals surface area (Å²) >= 11 is 4.94. The van der Waals surface area contributed by atoms with Crippen LogP contribution in [0.4, 0.5) is 0 Å². The number of thiophene rings is 1. The van der Waals surface area contributed by atoms with Crippen LogP contribution in [-0.4, -0.2) is 27.9 Å². The zero-order chi connectivity index (χ0) is 13.6. The Morgan fingerprint density at radius 2 is 2.11 bits per heavy atom. The number of amides is 1. The molecular weight excluding hydrogens is 330 g/mol. The molecule has 2 heterocycles. The van der Waals surface area contributed by atoms with E-state index in [0.29, 0.717) is 12.8 Å². The zero-order valence-corrected chi connectivity index (χ0v) is 12.6. The number of hydrogen-bond donors (Lipinski definition) is 1. The van der Waals surface area contributed by atoms with Crippen molar-refractivity contribution in [2.24, 2.45) is 5.92 Å². The first kappa shape index (κ1) is 13.1. The Kier molecular flexibility index (Phi) is 3.39. The summed E-state index contributed by atoms with van der Waals surface area (Å²) in [5.74, 6) is -1.17. The van der Waals surface area contributed by atoms with Gasteiger partial charge in [-0.15, -0.1) is 11.3 Å². The van der Waals surface area contributed by atoms with E-state index in [4.69, 9.17) is 0 Å². The fourth-order valence-electron chi connectivity index (χ4n) is 2.78. The molecule has 1 saturated heterocycles. The molecule has 1 aromatic heterocycles. The van der Waals surface area contributed by atoms with E-state index in [-0.39, 0.29) is 18.0 Å². The summed E-state index contributed by atoms with van der Waals surface area (Å²) < 4.78 is 0.973. The summed E-state index contributed by atoms with van der Waals surface area (Å²) in [5, 5.41) is 9.44. The third-order valence-corrected chi connectivity index (χ3v) is 5.48. The minimum absolute atomic E-state index is 0.106. The largest absolute Gasteiger partial charge is 0.481 e. The third-order valence-electron chi connectivity index (χ3n) is 3.78. The van der Waals surface area contributed by atoms with Crippen molar-refractivity contribution in [3.8, 4) is 0 Å². The highest BCUT2D eigenvalue weighted by atomic mass is 79.9. The van der Waals surface area contributed by atoms with Gasteiger partial charge in [-0.3, -0.25) is 9.59 Å². The fourth-order valence-corrected chi connectivity index (χ4v) is 4.37. The lowest BCUT2D eigenvalue weighted by Gasteiger charge is -2.39. The number of halogens is 1. The quantitative estimate of drug-likeness (QED) is 0.917. The van der Waals surface area contributed by atoms with Gasteiger partial charge < -0.3 is 10.0 Å². The average Bonchev–Trinajstić information content (AvgIpc) is 3.10. The molecule has 1 N–H and O–H groups in total. The molecule has 1 amide bonds. The minimum Gasteiger partial charge on any atom is -0.481 e. The first-order valence-corrected chi connectivity index (χ1v) is 7.98. The molecule has 2 aliphatic rings. The highest BCUT2D eigenvalue weighted by Gasteiger charge is 2.47. The van der Waals surface area contributed by atoms with Gasteiger partial charge in [-0.05, 0) is 47.3 Å². The molecule has 19 heavy (non-hydrogen) atoms. The number of carboxylic acids is 1. The number of likely N-dealkylation sites (tertiary alicyclic amines) is 1. The summed E-state index contributed by atoms with van der Waals surface area (Å²) in [6, 6.07) is 3.81. The monoisotopic (exact) mass is 343 g/mol. The normalized spacial score (nSPS) is 27.6. The number of aliphatic carboxylic acids is 1. The lowest BCUT2D eigenvalue weighted by atomic mass is 9.87. The van der Waals surface area contributed by atoms with Crippen LogP contribution in [0.25, 0.3) is 0 Å². The molecule has 2 unspecified atom stereocenters. The Labute approximate surface area is 123 Å². The standard InChI is InChI=1S/C13H14BrNO3S/c14-10-5-4-9(19-10)12-8(13(17)18)3-6-11(16)15(12)7-1-2-7/h4-5,7-8,12H,1-3,6H2,(H,17,18). The van der Waals surface area contributed by atoms with Gasteiger partial charge in [0.05, 0.1) is 15.7 Å². The number of carbonyl (C=O) groups excluding carboxylic acids is 1. The number of nitrogens with zero attached hydrogens (tertiary/aromatic N) is 1. The summed E-state index contributed by atoms with van der Waals surface area (Å²) in [4.78, 5) is 26.5. The van der Waals surface area contributed by atoms with Crippen LogP contribution < -0.4 is 0 Å². The Balaban J connectivity index is 1.99. The molecule has 0 aromatic carbocycles. The van der Waals surface area contributed by atoms with Gasteiger partial charge in [0, 0.05) is 17.3 Å². The van der Waals surface area contributed by atoms with Gasteiger partial charge in [-0.25, -0.2) is 0 Å². The molecular formula is C13H14BrNO3S. The minimum atomic E-state index is -0.798. The lowest BCUT2D eigenvalue weighted by Crippen LogP contribution is -2.46. The molecule has 1 aliphatic carbocycles. The van der Waals surface area contributed by atoms with Gasteiger partial charge in [0.2, 0.25) is 5.91 Å². The predicted octanol–water partition coefficient (Wildman–Crippen LogP) is 3.04. The van der Waals surface area contributed by atoms with Gasteiger partial charge in [-0.2, -0.15) is 0 Å². The maximum atomic E-state index is 12.2. The van der Waals surface area contributed by atoms with Crippen LogP contribution >= 0.6 is 27.3 Å². The van der Waals surface area contributed by atoms with Crippen molar-refractivity contribution in [1.29, 1.82) is 0 Å². The molecule has 0 radical (unpaired) electrons. The summed E-state index contributed by atoms with van der Waals surface area (Å²) in [6.45, 7) is 0. The molecule has 0 bridgehead atoms. The molecule has 2 atom stereocenters. The maximum absolute atomic E-state index is 12.2. The molecule has 3 rings (SSSR count). The summed E-state index contributed by atoms with van der Waals surface area (Å²) in [6.07, 6.45) is 2.80. The van der Waals surface area contributed by atoms with E-state index in [2.05, 4.69) is 15.9 Å². The van der Waals surface area contributed by atoms with Gasteiger partial charge in [-0.1, -0.05) is 0 Å². The van der Waals surface area contributed by atoms with Crippen molar-refractivity contribution in [2.45, 2.75) is 37.8 Å². The van der Waals surface area contributed by atoms with E-state index in [1.807, 2.05) is 17.0 Å². The van der Waals surface area contributed by atoms with E-state index in [0.717, 1.165) is 21.5 Å². The molecule has 1 saturated carbocycles. The van der Waals surface area contributed by atoms with E-state index >= 15 is 0 Å². The maximum Gasteiger partial charge on any atom is 0.308 e. The van der Waals surface area contributed by atoms with Gasteiger partial charge in [0.15, 0.2) is 0 Å². The van der Waals surface area contributed by atoms with Crippen molar-refractivity contribution < 1.29 is 14.7 Å². The highest BCUT2D eigenvalue weighted by molar-refractivity contribution is 9.11. The Morgan fingerprint density at radius 1 is 1.37 bits per heavy atom. The van der Waals surface area contributed by atoms with Crippen LogP contribution in [-0.2, 0) is 9.59 Å². The van der Waals surface area contributed by atoms with Crippen LogP contribution in [0.2, 0.25) is 0 Å². The van der Waals surface area contributed by atoms with Crippen molar-refractivity contribution in [1.82, 2.24) is 4.90 Å². The number of carbonyl (C=O) groups is 2. The lowest BCUT2D eigenvalue weighted by molar-refractivity contribution is -0.152. The third kappa shape index (κ3) is 2.43. The molecule has 1 aromatic rings. The summed E-state index contributed by atoms with van der Waals surface area (Å²) in [5.41, 5.74) is 0. The van der Waals surface area contributed by atoms with Crippen LogP contribution in [0.5, 0.6) is 0 Å². The van der Waals surface area contributed by atoms with E-state index in [1.54, 1.807) is 0 Å². The number of carboxylic acid groups (broad SMARTS) is 1. The second-order valence-electron chi connectivity index (χ2n) is 5.10. The first-order valence-electron chi connectivity index (χ1n) is 6.37. The summed E-state index contributed by atoms with van der Waals surface area (Å²) in [7, 11) is 0. The average molecular weight is 344 g/mol. The van der Waals surface area contributed by atoms with Crippen LogP contribution in [0.1, 0.15) is 36.6 Å². The van der Waals surface area contributed by atoms with E-state index < -0.39 is 11.9 Å². The topological polar surface area (TPSA) is 57.6 Å². The molecule has 4 nitrogen and oxygen atoms in total. The fraction of sp³-hybridized carbons (Fsp3) is 0.538. The second kappa shape index (κ2) is 4.90. The van der Waals surface area contributed by atoms with Crippen LogP contribution in [0.3, 0.4) is 0 Å². The van der Waals surface area contributed by atoms with Crippen molar-refractivity contribution in [3.63, 3.8) is 0 Å². The molecule has 0 spiro atoms. The molecule has 102 valence electrons. The predicted molar refractivity (Wildman–Crippen MR) is 75.0 cm³/mol. The number of rotatable bonds is 3. The highest BCUT2D eigenvalue weighted by Crippen LogP contribution is 2.45. The van der Waals surface area contributed by atoms with Crippen molar-refractivity contribution >= 4 is 39.1 Å². The molecule has 6 heteroatoms. The van der Waals surface area contributed by atoms with Crippen molar-refractivity contribution in [2.75, 3.05) is 0 Å². The van der Waals surface area contributed by atoms with Gasteiger partial charge in [0.25, 0.3) is 0 Å². The number of hydrogen-bond acceptors (Lipinski definition) is 3. The molecule has 1 aliphatic heterocycles. The van der Waals surface area contributed by atoms with Crippen LogP contribution in [0, 0.1) is 5.92 Å².